The van der Waals surface area contributed by atoms with Crippen molar-refractivity contribution in [1.29, 1.82) is 0 Å². The van der Waals surface area contributed by atoms with E-state index >= 15 is 0 Å². The van der Waals surface area contributed by atoms with Crippen LogP contribution in [0, 0.1) is 27.7 Å². The number of aryl methyl sites for hydroxylation is 2. The molecule has 1 aliphatic carbocycles. The number of alkyl halides is 3. The van der Waals surface area contributed by atoms with E-state index in [2.05, 4.69) is 23.0 Å². The molecule has 1 saturated carbocycles. The van der Waals surface area contributed by atoms with Crippen LogP contribution in [0.25, 0.3) is 0 Å². The maximum absolute atomic E-state index is 14.7. The van der Waals surface area contributed by atoms with Crippen LogP contribution in [0.1, 0.15) is 85.3 Å². The second-order valence-corrected chi connectivity index (χ2v) is 11.1. The summed E-state index contributed by atoms with van der Waals surface area (Å²) in [5.74, 6) is 0. The van der Waals surface area contributed by atoms with Crippen LogP contribution in [0.4, 0.5) is 13.6 Å². The van der Waals surface area contributed by atoms with Crippen molar-refractivity contribution >= 4 is 28.6 Å². The number of nitrogens with one attached hydrogen (secondary N) is 1. The molecule has 1 atom stereocenters. The van der Waals surface area contributed by atoms with E-state index in [1.165, 1.54) is 24.5 Å². The Morgan fingerprint density at radius 1 is 0.838 bits per heavy atom. The van der Waals surface area contributed by atoms with Gasteiger partial charge in [0.25, 0.3) is 0 Å². The Bertz CT molecular complexity index is 945. The molecule has 1 saturated heterocycles. The third-order valence-corrected chi connectivity index (χ3v) is 7.65. The molecule has 1 heterocycles. The first-order valence-corrected chi connectivity index (χ1v) is 13.9. The van der Waals surface area contributed by atoms with Crippen LogP contribution in [0.3, 0.4) is 0 Å². The smallest absolute Gasteiger partial charge is 0.405 e. The molecule has 3 nitrogen and oxygen atoms in total. The van der Waals surface area contributed by atoms with Crippen LogP contribution < -0.4 is 5.32 Å². The van der Waals surface area contributed by atoms with Gasteiger partial charge in [0.15, 0.2) is 5.56 Å². The lowest BCUT2D eigenvalue weighted by molar-refractivity contribution is 0.105. The van der Waals surface area contributed by atoms with E-state index in [-0.39, 0.29) is 0 Å². The fourth-order valence-electron chi connectivity index (χ4n) is 5.07. The zero-order chi connectivity index (χ0) is 27.6. The Morgan fingerprint density at radius 2 is 1.27 bits per heavy atom. The van der Waals surface area contributed by atoms with Crippen molar-refractivity contribution in [2.24, 2.45) is 0 Å². The van der Waals surface area contributed by atoms with Crippen molar-refractivity contribution in [1.82, 2.24) is 5.32 Å². The average Bonchev–Trinajstić information content (AvgIpc) is 2.83. The number of piperidine rings is 1. The Balaban J connectivity index is 0.000000210. The highest BCUT2D eigenvalue weighted by Gasteiger charge is 2.35. The summed E-state index contributed by atoms with van der Waals surface area (Å²) in [4.78, 5) is 9.71. The van der Waals surface area contributed by atoms with Gasteiger partial charge in [-0.3, -0.25) is 0 Å². The standard InChI is InChI=1S/C14H19F.C13H18FN.C3H4Cl2O2/c1-11-7-6-8-13(12(11)2)14(15)9-4-3-5-10-14;1-10-4-3-5-12(11(10)2)13(14)6-8-15-9-7-13;1-2(4)7-3(5)6/h6-8H,3-5,9-10H2,1-2H3;3-5,15H,6-9H2,1-2H3;2H,1H3. The third-order valence-electron chi connectivity index (χ3n) is 7.47. The van der Waals surface area contributed by atoms with E-state index in [4.69, 9.17) is 23.2 Å². The second kappa shape index (κ2) is 14.5. The number of carbonyl (C=O) groups is 1. The molecular weight excluding hydrogens is 515 g/mol. The SMILES string of the molecule is CC(Cl)OC(=O)Cl.Cc1cccc(C2(F)CCCCC2)c1C.Cc1cccc(C2(F)CCNCC2)c1C. The zero-order valence-corrected chi connectivity index (χ0v) is 24.2. The maximum atomic E-state index is 14.7. The quantitative estimate of drug-likeness (QED) is 0.303. The first-order valence-electron chi connectivity index (χ1n) is 13.1. The minimum Gasteiger partial charge on any atom is -0.434 e. The highest BCUT2D eigenvalue weighted by molar-refractivity contribution is 6.61. The average molecular weight is 557 g/mol. The number of hydrogen-bond donors (Lipinski definition) is 1. The van der Waals surface area contributed by atoms with Gasteiger partial charge < -0.3 is 10.1 Å². The Labute approximate surface area is 231 Å². The van der Waals surface area contributed by atoms with Crippen LogP contribution in [-0.2, 0) is 16.1 Å². The van der Waals surface area contributed by atoms with E-state index in [9.17, 15) is 13.6 Å². The molecule has 2 fully saturated rings. The lowest BCUT2D eigenvalue weighted by Crippen LogP contribution is -2.37. The van der Waals surface area contributed by atoms with Crippen LogP contribution in [0.2, 0.25) is 0 Å². The van der Waals surface area contributed by atoms with Gasteiger partial charge >= 0.3 is 5.43 Å². The van der Waals surface area contributed by atoms with Crippen LogP contribution >= 0.6 is 23.2 Å². The first kappa shape index (κ1) is 31.5. The van der Waals surface area contributed by atoms with E-state index in [0.717, 1.165) is 48.2 Å². The molecule has 2 aromatic carbocycles. The summed E-state index contributed by atoms with van der Waals surface area (Å²) in [7, 11) is 0. The number of carbonyl (C=O) groups excluding carboxylic acids is 1. The predicted molar refractivity (Wildman–Crippen MR) is 150 cm³/mol. The summed E-state index contributed by atoms with van der Waals surface area (Å²) in [6.45, 7) is 11.2. The second-order valence-electron chi connectivity index (χ2n) is 10.1. The summed E-state index contributed by atoms with van der Waals surface area (Å²) in [6.07, 6.45) is 5.85. The third kappa shape index (κ3) is 9.23. The Kier molecular flexibility index (Phi) is 12.3. The van der Waals surface area contributed by atoms with Gasteiger partial charge in [0.05, 0.1) is 0 Å². The predicted octanol–water partition coefficient (Wildman–Crippen LogP) is 9.23. The van der Waals surface area contributed by atoms with Crippen molar-refractivity contribution < 1.29 is 18.3 Å². The Hall–Kier alpha value is -1.69. The van der Waals surface area contributed by atoms with Crippen LogP contribution in [-0.4, -0.2) is 24.1 Å². The highest BCUT2D eigenvalue weighted by Crippen LogP contribution is 2.42. The van der Waals surface area contributed by atoms with Crippen molar-refractivity contribution in [2.75, 3.05) is 13.1 Å². The molecule has 2 aromatic rings. The number of benzene rings is 2. The molecule has 1 N–H and O–H groups in total. The van der Waals surface area contributed by atoms with Gasteiger partial charge in [-0.05, 0) is 120 Å². The summed E-state index contributed by atoms with van der Waals surface area (Å²) in [5, 5.41) is 3.20. The molecule has 0 radical (unpaired) electrons. The van der Waals surface area contributed by atoms with Crippen molar-refractivity contribution in [3.63, 3.8) is 0 Å². The zero-order valence-electron chi connectivity index (χ0n) is 22.7. The van der Waals surface area contributed by atoms with Gasteiger partial charge in [0.1, 0.15) is 11.3 Å². The van der Waals surface area contributed by atoms with Crippen molar-refractivity contribution in [2.45, 2.75) is 96.5 Å². The summed E-state index contributed by atoms with van der Waals surface area (Å²) >= 11 is 9.87. The lowest BCUT2D eigenvalue weighted by atomic mass is 9.79. The summed E-state index contributed by atoms with van der Waals surface area (Å²) in [5.41, 5.74) is 2.80. The minimum absolute atomic E-state index is 0.595. The molecule has 37 heavy (non-hydrogen) atoms. The molecule has 2 aliphatic rings. The van der Waals surface area contributed by atoms with Gasteiger partial charge in [0.2, 0.25) is 0 Å². The first-order chi connectivity index (χ1) is 17.4. The van der Waals surface area contributed by atoms with E-state index in [1.807, 2.05) is 51.1 Å². The number of ether oxygens (including phenoxy) is 1. The fraction of sp³-hybridized carbons (Fsp3) is 0.567. The number of hydrogen-bond acceptors (Lipinski definition) is 3. The van der Waals surface area contributed by atoms with Gasteiger partial charge in [-0.1, -0.05) is 54.4 Å². The number of halogens is 4. The Morgan fingerprint density at radius 3 is 1.65 bits per heavy atom. The summed E-state index contributed by atoms with van der Waals surface area (Å²) < 4.78 is 33.6. The van der Waals surface area contributed by atoms with Gasteiger partial charge in [-0.15, -0.1) is 0 Å². The normalized spacial score (nSPS) is 18.8. The topological polar surface area (TPSA) is 38.3 Å². The van der Waals surface area contributed by atoms with Crippen molar-refractivity contribution in [3.05, 3.63) is 69.8 Å². The molecule has 0 bridgehead atoms. The molecule has 206 valence electrons. The van der Waals surface area contributed by atoms with E-state index in [1.54, 1.807) is 0 Å². The fourth-order valence-corrected chi connectivity index (χ4v) is 5.33. The lowest BCUT2D eigenvalue weighted by Gasteiger charge is -2.32. The van der Waals surface area contributed by atoms with E-state index in [0.29, 0.717) is 25.7 Å². The summed E-state index contributed by atoms with van der Waals surface area (Å²) in [6, 6.07) is 11.9. The molecule has 4 rings (SSSR count). The van der Waals surface area contributed by atoms with Gasteiger partial charge in [-0.2, -0.15) is 0 Å². The molecule has 1 unspecified atom stereocenters. The van der Waals surface area contributed by atoms with Crippen LogP contribution in [0.15, 0.2) is 36.4 Å². The van der Waals surface area contributed by atoms with Crippen LogP contribution in [0.5, 0.6) is 0 Å². The molecular formula is C30H41Cl2F2NO2. The highest BCUT2D eigenvalue weighted by atomic mass is 35.5. The largest absolute Gasteiger partial charge is 0.434 e. The molecule has 0 spiro atoms. The molecule has 0 amide bonds. The van der Waals surface area contributed by atoms with Gasteiger partial charge in [-0.25, -0.2) is 13.6 Å². The van der Waals surface area contributed by atoms with Crippen molar-refractivity contribution in [3.8, 4) is 0 Å². The minimum atomic E-state index is -1.11. The molecule has 7 heteroatoms. The molecule has 1 aliphatic heterocycles. The van der Waals surface area contributed by atoms with E-state index < -0.39 is 22.3 Å². The monoisotopic (exact) mass is 555 g/mol. The maximum Gasteiger partial charge on any atom is 0.405 e. The molecule has 0 aromatic heterocycles. The number of rotatable bonds is 3. The van der Waals surface area contributed by atoms with Gasteiger partial charge in [0, 0.05) is 11.6 Å².